The lowest BCUT2D eigenvalue weighted by molar-refractivity contribution is 0.695. The molecule has 0 atom stereocenters. The number of aryl methyl sites for hydroxylation is 4. The van der Waals surface area contributed by atoms with E-state index in [1.807, 2.05) is 0 Å². The van der Waals surface area contributed by atoms with E-state index in [1.165, 1.54) is 5.56 Å². The summed E-state index contributed by atoms with van der Waals surface area (Å²) >= 11 is 0. The van der Waals surface area contributed by atoms with Crippen LogP contribution >= 0.6 is 0 Å². The van der Waals surface area contributed by atoms with E-state index in [-0.39, 0.29) is 0 Å². The Labute approximate surface area is 150 Å². The molecule has 0 aliphatic carbocycles. The van der Waals surface area contributed by atoms with Crippen LogP contribution in [0.5, 0.6) is 0 Å². The Balaban J connectivity index is 2.19. The molecule has 0 aliphatic rings. The first kappa shape index (κ1) is 17.6. The molecule has 0 aromatic carbocycles. The van der Waals surface area contributed by atoms with E-state index in [2.05, 4.69) is 64.4 Å². The normalized spacial score (nSPS) is 11.6. The molecule has 0 N–H and O–H groups in total. The van der Waals surface area contributed by atoms with E-state index in [0.29, 0.717) is 5.92 Å². The fourth-order valence-corrected chi connectivity index (χ4v) is 3.32. The second kappa shape index (κ2) is 6.95. The molecule has 0 spiro atoms. The van der Waals surface area contributed by atoms with Gasteiger partial charge in [-0.3, -0.25) is 4.98 Å². The van der Waals surface area contributed by atoms with Crippen molar-refractivity contribution in [2.75, 3.05) is 0 Å². The van der Waals surface area contributed by atoms with Crippen LogP contribution in [0.15, 0.2) is 18.3 Å². The molecule has 0 unspecified atom stereocenters. The number of pyridine rings is 1. The molecule has 0 amide bonds. The van der Waals surface area contributed by atoms with Crippen LogP contribution in [-0.4, -0.2) is 19.5 Å². The number of nitrogens with zero attached hydrogens (tertiary/aromatic N) is 4. The van der Waals surface area contributed by atoms with Gasteiger partial charge in [0.05, 0.1) is 11.4 Å². The highest BCUT2D eigenvalue weighted by atomic mass is 15.1. The summed E-state index contributed by atoms with van der Waals surface area (Å²) in [5, 5.41) is 0. The molecule has 0 saturated heterocycles. The number of rotatable bonds is 5. The molecular weight excluding hydrogens is 308 g/mol. The van der Waals surface area contributed by atoms with Gasteiger partial charge in [0.1, 0.15) is 5.52 Å². The number of hydrogen-bond donors (Lipinski definition) is 0. The largest absolute Gasteiger partial charge is 0.331 e. The summed E-state index contributed by atoms with van der Waals surface area (Å²) in [7, 11) is 0. The lowest BCUT2D eigenvalue weighted by Gasteiger charge is -2.13. The van der Waals surface area contributed by atoms with Crippen LogP contribution < -0.4 is 0 Å². The van der Waals surface area contributed by atoms with Crippen molar-refractivity contribution < 1.29 is 0 Å². The van der Waals surface area contributed by atoms with Crippen molar-refractivity contribution in [2.24, 2.45) is 0 Å². The zero-order valence-electron chi connectivity index (χ0n) is 16.2. The summed E-state index contributed by atoms with van der Waals surface area (Å²) in [6.45, 7) is 13.8. The molecule has 3 aromatic rings. The third kappa shape index (κ3) is 3.17. The first-order valence-corrected chi connectivity index (χ1v) is 9.30. The van der Waals surface area contributed by atoms with E-state index in [0.717, 1.165) is 58.9 Å². The monoisotopic (exact) mass is 336 g/mol. The van der Waals surface area contributed by atoms with Gasteiger partial charge in [-0.1, -0.05) is 27.7 Å². The van der Waals surface area contributed by atoms with Crippen molar-refractivity contribution in [3.63, 3.8) is 0 Å². The summed E-state index contributed by atoms with van der Waals surface area (Å²) < 4.78 is 2.22. The van der Waals surface area contributed by atoms with Crippen molar-refractivity contribution >= 4 is 11.2 Å². The SMILES string of the molecule is CCCn1cc(C)c2nc(-c3ccc(C(C)C)nc3CC)c(C)nc21. The zero-order valence-corrected chi connectivity index (χ0v) is 16.2. The molecule has 0 bridgehead atoms. The second-order valence-corrected chi connectivity index (χ2v) is 7.07. The first-order chi connectivity index (χ1) is 12.0. The van der Waals surface area contributed by atoms with Crippen LogP contribution in [-0.2, 0) is 13.0 Å². The Morgan fingerprint density at radius 1 is 1.04 bits per heavy atom. The van der Waals surface area contributed by atoms with Crippen molar-refractivity contribution in [1.29, 1.82) is 0 Å². The molecule has 3 aromatic heterocycles. The van der Waals surface area contributed by atoms with E-state index in [4.69, 9.17) is 15.0 Å². The average Bonchev–Trinajstić information content (AvgIpc) is 2.89. The van der Waals surface area contributed by atoms with Gasteiger partial charge in [0.25, 0.3) is 0 Å². The fourth-order valence-electron chi connectivity index (χ4n) is 3.32. The lowest BCUT2D eigenvalue weighted by Crippen LogP contribution is -2.03. The van der Waals surface area contributed by atoms with Crippen LogP contribution in [0.25, 0.3) is 22.4 Å². The Morgan fingerprint density at radius 2 is 1.80 bits per heavy atom. The standard InChI is InChI=1S/C21H28N4/c1-7-11-25-12-14(5)19-21(25)22-15(6)20(24-19)16-9-10-18(13(3)4)23-17(16)8-2/h9-10,12-13H,7-8,11H2,1-6H3. The topological polar surface area (TPSA) is 43.6 Å². The summed E-state index contributed by atoms with van der Waals surface area (Å²) in [5.74, 6) is 0.430. The highest BCUT2D eigenvalue weighted by molar-refractivity contribution is 5.80. The smallest absolute Gasteiger partial charge is 0.159 e. The minimum Gasteiger partial charge on any atom is -0.331 e. The van der Waals surface area contributed by atoms with Crippen molar-refractivity contribution in [3.8, 4) is 11.3 Å². The van der Waals surface area contributed by atoms with Gasteiger partial charge in [0, 0.05) is 29.7 Å². The molecule has 132 valence electrons. The van der Waals surface area contributed by atoms with E-state index >= 15 is 0 Å². The molecular formula is C21H28N4. The molecule has 4 heteroatoms. The zero-order chi connectivity index (χ0) is 18.1. The average molecular weight is 336 g/mol. The number of aromatic nitrogens is 4. The second-order valence-electron chi connectivity index (χ2n) is 7.07. The van der Waals surface area contributed by atoms with Gasteiger partial charge in [-0.25, -0.2) is 9.97 Å². The van der Waals surface area contributed by atoms with Crippen molar-refractivity contribution in [2.45, 2.75) is 66.8 Å². The lowest BCUT2D eigenvalue weighted by atomic mass is 10.0. The van der Waals surface area contributed by atoms with Crippen LogP contribution in [0.1, 0.15) is 62.7 Å². The minimum atomic E-state index is 0.430. The Morgan fingerprint density at radius 3 is 2.44 bits per heavy atom. The summed E-state index contributed by atoms with van der Waals surface area (Å²) in [6, 6.07) is 4.29. The maximum absolute atomic E-state index is 5.01. The summed E-state index contributed by atoms with van der Waals surface area (Å²) in [6.07, 6.45) is 4.15. The quantitative estimate of drug-likeness (QED) is 0.642. The van der Waals surface area contributed by atoms with Crippen LogP contribution in [0.3, 0.4) is 0 Å². The van der Waals surface area contributed by atoms with E-state index in [9.17, 15) is 0 Å². The predicted octanol–water partition coefficient (Wildman–Crippen LogP) is 5.21. The number of hydrogen-bond acceptors (Lipinski definition) is 3. The molecule has 4 nitrogen and oxygen atoms in total. The Bertz CT molecular complexity index is 906. The van der Waals surface area contributed by atoms with E-state index in [1.54, 1.807) is 0 Å². The highest BCUT2D eigenvalue weighted by Crippen LogP contribution is 2.29. The van der Waals surface area contributed by atoms with Gasteiger partial charge in [-0.15, -0.1) is 0 Å². The Hall–Kier alpha value is -2.23. The third-order valence-electron chi connectivity index (χ3n) is 4.69. The minimum absolute atomic E-state index is 0.430. The maximum Gasteiger partial charge on any atom is 0.159 e. The van der Waals surface area contributed by atoms with Crippen molar-refractivity contribution in [1.82, 2.24) is 19.5 Å². The molecule has 3 heterocycles. The van der Waals surface area contributed by atoms with Crippen molar-refractivity contribution in [3.05, 3.63) is 41.0 Å². The third-order valence-corrected chi connectivity index (χ3v) is 4.69. The predicted molar refractivity (Wildman–Crippen MR) is 104 cm³/mol. The first-order valence-electron chi connectivity index (χ1n) is 9.30. The molecule has 0 aliphatic heterocycles. The van der Waals surface area contributed by atoms with Gasteiger partial charge in [0.2, 0.25) is 0 Å². The molecule has 0 fully saturated rings. The fraction of sp³-hybridized carbons (Fsp3) is 0.476. The van der Waals surface area contributed by atoms with Gasteiger partial charge in [-0.05, 0) is 50.3 Å². The van der Waals surface area contributed by atoms with E-state index < -0.39 is 0 Å². The van der Waals surface area contributed by atoms with Crippen LogP contribution in [0.4, 0.5) is 0 Å². The van der Waals surface area contributed by atoms with Gasteiger partial charge in [-0.2, -0.15) is 0 Å². The summed E-state index contributed by atoms with van der Waals surface area (Å²) in [4.78, 5) is 14.8. The Kier molecular flexibility index (Phi) is 4.89. The van der Waals surface area contributed by atoms with Crippen LogP contribution in [0.2, 0.25) is 0 Å². The maximum atomic E-state index is 5.01. The molecule has 25 heavy (non-hydrogen) atoms. The molecule has 0 radical (unpaired) electrons. The van der Waals surface area contributed by atoms with Gasteiger partial charge < -0.3 is 4.57 Å². The molecule has 3 rings (SSSR count). The highest BCUT2D eigenvalue weighted by Gasteiger charge is 2.16. The van der Waals surface area contributed by atoms with Gasteiger partial charge in [0.15, 0.2) is 5.65 Å². The van der Waals surface area contributed by atoms with Gasteiger partial charge >= 0.3 is 0 Å². The summed E-state index contributed by atoms with van der Waals surface area (Å²) in [5.41, 5.74) is 8.46. The molecule has 0 saturated carbocycles. The number of fused-ring (bicyclic) bond motifs is 1. The van der Waals surface area contributed by atoms with Crippen LogP contribution in [0, 0.1) is 13.8 Å².